The van der Waals surface area contributed by atoms with E-state index in [9.17, 15) is 13.2 Å². The van der Waals surface area contributed by atoms with Gasteiger partial charge in [-0.1, -0.05) is 30.3 Å². The van der Waals surface area contributed by atoms with Crippen molar-refractivity contribution in [3.8, 4) is 0 Å². The van der Waals surface area contributed by atoms with Gasteiger partial charge in [-0.25, -0.2) is 13.1 Å². The number of amides is 1. The van der Waals surface area contributed by atoms with E-state index in [0.29, 0.717) is 24.3 Å². The summed E-state index contributed by atoms with van der Waals surface area (Å²) in [5.74, 6) is -0.165. The van der Waals surface area contributed by atoms with Crippen LogP contribution in [-0.2, 0) is 16.6 Å². The number of sulfonamides is 1. The zero-order chi connectivity index (χ0) is 22.4. The number of carbonyl (C=O) groups is 1. The third-order valence-electron chi connectivity index (χ3n) is 5.44. The number of likely N-dealkylation sites (tertiary alicyclic amines) is 1. The molecule has 1 aliphatic heterocycles. The Labute approximate surface area is 188 Å². The number of piperidine rings is 1. The summed E-state index contributed by atoms with van der Waals surface area (Å²) in [6.07, 6.45) is 6.32. The van der Waals surface area contributed by atoms with Gasteiger partial charge in [-0.3, -0.25) is 9.78 Å². The zero-order valence-corrected chi connectivity index (χ0v) is 18.5. The van der Waals surface area contributed by atoms with Crippen LogP contribution in [-0.4, -0.2) is 37.3 Å². The molecule has 2 aromatic carbocycles. The van der Waals surface area contributed by atoms with Gasteiger partial charge in [0.2, 0.25) is 10.0 Å². The van der Waals surface area contributed by atoms with Gasteiger partial charge in [0.25, 0.3) is 5.91 Å². The molecule has 0 spiro atoms. The smallest absolute Gasteiger partial charge is 0.256 e. The Balaban J connectivity index is 1.64. The topological polar surface area (TPSA) is 91.4 Å². The van der Waals surface area contributed by atoms with Crippen LogP contribution in [0.1, 0.15) is 35.2 Å². The summed E-state index contributed by atoms with van der Waals surface area (Å²) >= 11 is 0. The Morgan fingerprint density at radius 1 is 0.938 bits per heavy atom. The number of benzene rings is 2. The van der Waals surface area contributed by atoms with Gasteiger partial charge in [-0.05, 0) is 55.2 Å². The monoisotopic (exact) mass is 450 g/mol. The number of carbonyl (C=O) groups excluding carboxylic acids is 1. The third-order valence-corrected chi connectivity index (χ3v) is 6.84. The first-order valence-corrected chi connectivity index (χ1v) is 12.2. The fraction of sp³-hybridized carbons (Fsp3) is 0.250. The van der Waals surface area contributed by atoms with E-state index >= 15 is 0 Å². The minimum Gasteiger partial charge on any atom is -0.355 e. The Morgan fingerprint density at radius 2 is 1.66 bits per heavy atom. The summed E-state index contributed by atoms with van der Waals surface area (Å²) in [7, 11) is -3.79. The van der Waals surface area contributed by atoms with Gasteiger partial charge in [0.15, 0.2) is 0 Å². The Bertz CT molecular complexity index is 1160. The van der Waals surface area contributed by atoms with Crippen molar-refractivity contribution in [3.63, 3.8) is 0 Å². The Kier molecular flexibility index (Phi) is 6.82. The summed E-state index contributed by atoms with van der Waals surface area (Å²) in [4.78, 5) is 19.2. The number of nitrogens with zero attached hydrogens (tertiary/aromatic N) is 2. The molecule has 7 nitrogen and oxygen atoms in total. The van der Waals surface area contributed by atoms with Crippen molar-refractivity contribution in [2.24, 2.45) is 0 Å². The second kappa shape index (κ2) is 9.93. The highest BCUT2D eigenvalue weighted by atomic mass is 32.2. The average molecular weight is 451 g/mol. The average Bonchev–Trinajstić information content (AvgIpc) is 2.84. The van der Waals surface area contributed by atoms with E-state index in [0.717, 1.165) is 30.5 Å². The molecule has 1 aliphatic rings. The number of rotatable bonds is 7. The lowest BCUT2D eigenvalue weighted by Gasteiger charge is -2.28. The van der Waals surface area contributed by atoms with Gasteiger partial charge in [-0.2, -0.15) is 0 Å². The maximum Gasteiger partial charge on any atom is 0.256 e. The zero-order valence-electron chi connectivity index (χ0n) is 17.7. The summed E-state index contributed by atoms with van der Waals surface area (Å²) < 4.78 is 28.5. The van der Waals surface area contributed by atoms with Crippen molar-refractivity contribution in [2.75, 3.05) is 18.4 Å². The van der Waals surface area contributed by atoms with Crippen LogP contribution >= 0.6 is 0 Å². The van der Waals surface area contributed by atoms with Crippen LogP contribution in [0.15, 0.2) is 78.0 Å². The van der Waals surface area contributed by atoms with E-state index in [2.05, 4.69) is 15.0 Å². The number of hydrogen-bond donors (Lipinski definition) is 2. The van der Waals surface area contributed by atoms with Crippen LogP contribution in [0.5, 0.6) is 0 Å². The van der Waals surface area contributed by atoms with Crippen molar-refractivity contribution in [1.29, 1.82) is 0 Å². The second-order valence-corrected chi connectivity index (χ2v) is 9.50. The minimum atomic E-state index is -3.79. The Hall–Kier alpha value is -3.23. The molecule has 2 heterocycles. The predicted molar refractivity (Wildman–Crippen MR) is 124 cm³/mol. The first-order chi connectivity index (χ1) is 15.5. The van der Waals surface area contributed by atoms with Crippen molar-refractivity contribution >= 4 is 27.3 Å². The molecular formula is C24H26N4O3S. The molecule has 0 aliphatic carbocycles. The molecule has 1 fully saturated rings. The fourth-order valence-corrected chi connectivity index (χ4v) is 4.74. The van der Waals surface area contributed by atoms with E-state index in [-0.39, 0.29) is 17.3 Å². The largest absolute Gasteiger partial charge is 0.355 e. The first-order valence-electron chi connectivity index (χ1n) is 10.7. The molecule has 0 radical (unpaired) electrons. The molecule has 0 bridgehead atoms. The first kappa shape index (κ1) is 22.0. The van der Waals surface area contributed by atoms with Gasteiger partial charge in [0.05, 0.1) is 16.1 Å². The van der Waals surface area contributed by atoms with E-state index in [4.69, 9.17) is 0 Å². The van der Waals surface area contributed by atoms with E-state index in [1.165, 1.54) is 12.1 Å². The number of pyridine rings is 1. The molecule has 3 aromatic rings. The molecule has 0 unspecified atom stereocenters. The normalized spacial score (nSPS) is 14.2. The van der Waals surface area contributed by atoms with E-state index < -0.39 is 10.0 Å². The van der Waals surface area contributed by atoms with Crippen LogP contribution in [0.3, 0.4) is 0 Å². The van der Waals surface area contributed by atoms with Gasteiger partial charge >= 0.3 is 0 Å². The van der Waals surface area contributed by atoms with E-state index in [1.807, 2.05) is 30.3 Å². The van der Waals surface area contributed by atoms with Crippen molar-refractivity contribution in [2.45, 2.75) is 30.7 Å². The predicted octanol–water partition coefficient (Wildman–Crippen LogP) is 3.93. The highest BCUT2D eigenvalue weighted by Crippen LogP contribution is 2.26. The van der Waals surface area contributed by atoms with Gasteiger partial charge in [-0.15, -0.1) is 0 Å². The maximum atomic E-state index is 13.3. The molecule has 1 amide bonds. The van der Waals surface area contributed by atoms with Crippen molar-refractivity contribution in [1.82, 2.24) is 14.6 Å². The lowest BCUT2D eigenvalue weighted by molar-refractivity contribution is 0.0725. The van der Waals surface area contributed by atoms with Crippen LogP contribution in [0, 0.1) is 0 Å². The maximum absolute atomic E-state index is 13.3. The second-order valence-electron chi connectivity index (χ2n) is 7.73. The van der Waals surface area contributed by atoms with E-state index in [1.54, 1.807) is 35.5 Å². The van der Waals surface area contributed by atoms with Crippen LogP contribution in [0.25, 0.3) is 0 Å². The van der Waals surface area contributed by atoms with Crippen molar-refractivity contribution in [3.05, 3.63) is 84.2 Å². The molecular weight excluding hydrogens is 424 g/mol. The lowest BCUT2D eigenvalue weighted by atomic mass is 10.1. The standard InChI is InChI=1S/C24H26N4O3S/c29-24(28-15-5-2-6-16-28)22-17-21(9-10-23(22)27-20-11-13-25-14-12-20)32(30,31)26-18-19-7-3-1-4-8-19/h1,3-4,7-14,17,26H,2,5-6,15-16,18H2,(H,25,27). The third kappa shape index (κ3) is 5.33. The molecule has 8 heteroatoms. The van der Waals surface area contributed by atoms with Gasteiger partial charge in [0.1, 0.15) is 0 Å². The minimum absolute atomic E-state index is 0.0640. The number of hydrogen-bond acceptors (Lipinski definition) is 5. The fourth-order valence-electron chi connectivity index (χ4n) is 3.69. The van der Waals surface area contributed by atoms with Gasteiger partial charge in [0, 0.05) is 37.7 Å². The number of nitrogens with one attached hydrogen (secondary N) is 2. The van der Waals surface area contributed by atoms with Crippen LogP contribution in [0.4, 0.5) is 11.4 Å². The highest BCUT2D eigenvalue weighted by molar-refractivity contribution is 7.89. The van der Waals surface area contributed by atoms with Crippen LogP contribution < -0.4 is 10.0 Å². The SMILES string of the molecule is O=C(c1cc(S(=O)(=O)NCc2ccccc2)ccc1Nc1ccncc1)N1CCCCC1. The van der Waals surface area contributed by atoms with Crippen LogP contribution in [0.2, 0.25) is 0 Å². The van der Waals surface area contributed by atoms with Crippen molar-refractivity contribution < 1.29 is 13.2 Å². The molecule has 1 saturated heterocycles. The summed E-state index contributed by atoms with van der Waals surface area (Å²) in [6, 6.07) is 17.5. The molecule has 0 atom stereocenters. The highest BCUT2D eigenvalue weighted by Gasteiger charge is 2.24. The molecule has 0 saturated carbocycles. The number of anilines is 2. The molecule has 32 heavy (non-hydrogen) atoms. The molecule has 4 rings (SSSR count). The summed E-state index contributed by atoms with van der Waals surface area (Å²) in [5.41, 5.74) is 2.53. The molecule has 166 valence electrons. The van der Waals surface area contributed by atoms with Gasteiger partial charge < -0.3 is 10.2 Å². The number of aromatic nitrogens is 1. The Morgan fingerprint density at radius 3 is 2.38 bits per heavy atom. The molecule has 2 N–H and O–H groups in total. The quantitative estimate of drug-likeness (QED) is 0.569. The summed E-state index contributed by atoms with van der Waals surface area (Å²) in [6.45, 7) is 1.53. The summed E-state index contributed by atoms with van der Waals surface area (Å²) in [5, 5.41) is 3.23. The molecule has 1 aromatic heterocycles. The lowest BCUT2D eigenvalue weighted by Crippen LogP contribution is -2.36.